The van der Waals surface area contributed by atoms with Gasteiger partial charge in [-0.15, -0.1) is 0 Å². The van der Waals surface area contributed by atoms with Crippen LogP contribution >= 0.6 is 0 Å². The van der Waals surface area contributed by atoms with Gasteiger partial charge in [0.1, 0.15) is 6.04 Å². The van der Waals surface area contributed by atoms with Crippen molar-refractivity contribution in [1.29, 1.82) is 4.78 Å². The lowest BCUT2D eigenvalue weighted by molar-refractivity contribution is -0.277. The van der Waals surface area contributed by atoms with E-state index in [-0.39, 0.29) is 12.0 Å². The number of carbonyl (C=O) groups is 1. The number of hydrogen-bond acceptors (Lipinski definition) is 5. The molecule has 0 radical (unpaired) electrons. The molecular formula is C15H21F3N2O4S. The number of aliphatic carboxylic acids is 1. The Hall–Kier alpha value is -1.65. The average molecular weight is 382 g/mol. The van der Waals surface area contributed by atoms with Gasteiger partial charge in [0, 0.05) is 34.8 Å². The van der Waals surface area contributed by atoms with Crippen LogP contribution in [0.25, 0.3) is 0 Å². The van der Waals surface area contributed by atoms with Crippen molar-refractivity contribution in [3.8, 4) is 0 Å². The van der Waals surface area contributed by atoms with Gasteiger partial charge in [0.25, 0.3) is 0 Å². The van der Waals surface area contributed by atoms with Gasteiger partial charge in [-0.1, -0.05) is 30.3 Å². The quantitative estimate of drug-likeness (QED) is 0.607. The van der Waals surface area contributed by atoms with E-state index in [2.05, 4.69) is 0 Å². The van der Waals surface area contributed by atoms with Gasteiger partial charge in [-0.2, -0.15) is 13.2 Å². The predicted octanol–water partition coefficient (Wildman–Crippen LogP) is 2.33. The van der Waals surface area contributed by atoms with Crippen molar-refractivity contribution in [2.75, 3.05) is 18.6 Å². The normalized spacial score (nSPS) is 18.1. The average Bonchev–Trinajstić information content (AvgIpc) is 2.53. The second-order valence-corrected chi connectivity index (χ2v) is 8.04. The van der Waals surface area contributed by atoms with E-state index in [0.717, 1.165) is 7.11 Å². The molecule has 0 aliphatic carbocycles. The van der Waals surface area contributed by atoms with Crippen molar-refractivity contribution in [3.63, 3.8) is 0 Å². The third-order valence-electron chi connectivity index (χ3n) is 3.91. The van der Waals surface area contributed by atoms with E-state index in [0.29, 0.717) is 0 Å². The van der Waals surface area contributed by atoms with Crippen molar-refractivity contribution in [1.82, 2.24) is 0 Å². The standard InChI is InChI=1S/C15H21F3N2O4S/c1-24-14(15(16,17)18,11-5-3-2-4-6-11)8-10-25(20,23)9-7-12(19)13(21)22/h2-6,12,20H,7-10,19H2,1H3,(H,21,22)/t12-,14-,25+/m0/s1. The number of benzene rings is 1. The third kappa shape index (κ3) is 5.41. The zero-order valence-electron chi connectivity index (χ0n) is 13.6. The molecule has 0 fully saturated rings. The maximum Gasteiger partial charge on any atom is 0.421 e. The SMILES string of the molecule is CO[C@@](CC[S@](=N)(=O)CC[C@H](N)C(=O)O)(c1ccccc1)C(F)(F)F. The minimum absolute atomic E-state index is 0.151. The van der Waals surface area contributed by atoms with Crippen molar-refractivity contribution in [2.45, 2.75) is 30.7 Å². The Morgan fingerprint density at radius 2 is 1.88 bits per heavy atom. The molecule has 4 N–H and O–H groups in total. The molecule has 3 atom stereocenters. The Balaban J connectivity index is 2.99. The molecule has 1 aromatic carbocycles. The van der Waals surface area contributed by atoms with E-state index >= 15 is 0 Å². The fourth-order valence-corrected chi connectivity index (χ4v) is 3.80. The number of rotatable bonds is 9. The Morgan fingerprint density at radius 1 is 1.32 bits per heavy atom. The molecule has 0 unspecified atom stereocenters. The Labute approximate surface area is 144 Å². The lowest BCUT2D eigenvalue weighted by Gasteiger charge is -2.35. The summed E-state index contributed by atoms with van der Waals surface area (Å²) in [6.45, 7) is 0. The van der Waals surface area contributed by atoms with Crippen molar-refractivity contribution in [2.24, 2.45) is 5.73 Å². The van der Waals surface area contributed by atoms with Crippen LogP contribution in [0, 0.1) is 4.78 Å². The highest BCUT2D eigenvalue weighted by molar-refractivity contribution is 7.92. The summed E-state index contributed by atoms with van der Waals surface area (Å²) in [5.74, 6) is -2.31. The van der Waals surface area contributed by atoms with E-state index in [4.69, 9.17) is 20.4 Å². The lowest BCUT2D eigenvalue weighted by Crippen LogP contribution is -2.45. The molecular weight excluding hydrogens is 361 g/mol. The molecule has 0 heterocycles. The maximum absolute atomic E-state index is 13.7. The Kier molecular flexibility index (Phi) is 6.98. The molecule has 1 rings (SSSR count). The monoisotopic (exact) mass is 382 g/mol. The number of nitrogens with two attached hydrogens (primary N) is 1. The van der Waals surface area contributed by atoms with E-state index in [9.17, 15) is 22.2 Å². The van der Waals surface area contributed by atoms with E-state index in [1.54, 1.807) is 6.07 Å². The zero-order valence-corrected chi connectivity index (χ0v) is 14.4. The molecule has 0 saturated heterocycles. The smallest absolute Gasteiger partial charge is 0.421 e. The summed E-state index contributed by atoms with van der Waals surface area (Å²) in [7, 11) is -2.54. The van der Waals surface area contributed by atoms with Gasteiger partial charge in [-0.05, 0) is 12.0 Å². The first-order chi connectivity index (χ1) is 11.5. The van der Waals surface area contributed by atoms with Gasteiger partial charge in [-0.3, -0.25) is 9.57 Å². The molecule has 0 spiro atoms. The largest absolute Gasteiger partial charge is 0.480 e. The number of hydrogen-bond donors (Lipinski definition) is 3. The van der Waals surface area contributed by atoms with Gasteiger partial charge < -0.3 is 15.6 Å². The summed E-state index contributed by atoms with van der Waals surface area (Å²) in [5, 5.41) is 8.68. The van der Waals surface area contributed by atoms with Crippen LogP contribution in [-0.4, -0.2) is 46.1 Å². The molecule has 25 heavy (non-hydrogen) atoms. The summed E-state index contributed by atoms with van der Waals surface area (Å²) >= 11 is 0. The molecule has 0 aliphatic heterocycles. The number of methoxy groups -OCH3 is 1. The first-order valence-electron chi connectivity index (χ1n) is 7.35. The summed E-state index contributed by atoms with van der Waals surface area (Å²) in [6, 6.07) is 5.61. The fraction of sp³-hybridized carbons (Fsp3) is 0.533. The van der Waals surface area contributed by atoms with Crippen LogP contribution in [0.1, 0.15) is 18.4 Å². The summed E-state index contributed by atoms with van der Waals surface area (Å²) in [5.41, 5.74) is 2.44. The molecule has 0 bridgehead atoms. The van der Waals surface area contributed by atoms with Crippen molar-refractivity contribution in [3.05, 3.63) is 35.9 Å². The van der Waals surface area contributed by atoms with Crippen LogP contribution in [0.15, 0.2) is 30.3 Å². The molecule has 0 aliphatic rings. The first-order valence-corrected chi connectivity index (χ1v) is 9.25. The van der Waals surface area contributed by atoms with Crippen molar-refractivity contribution < 1.29 is 32.0 Å². The topological polar surface area (TPSA) is 113 Å². The molecule has 0 aromatic heterocycles. The molecule has 0 amide bonds. The van der Waals surface area contributed by atoms with Gasteiger partial charge >= 0.3 is 12.1 Å². The predicted molar refractivity (Wildman–Crippen MR) is 86.6 cm³/mol. The van der Waals surface area contributed by atoms with Crippen LogP contribution in [-0.2, 0) is 24.9 Å². The van der Waals surface area contributed by atoms with E-state index in [1.165, 1.54) is 24.3 Å². The summed E-state index contributed by atoms with van der Waals surface area (Å²) < 4.78 is 65.8. The number of nitrogens with one attached hydrogen (secondary N) is 1. The van der Waals surface area contributed by atoms with Gasteiger partial charge in [0.05, 0.1) is 0 Å². The molecule has 142 valence electrons. The zero-order chi connectivity index (χ0) is 19.3. The highest BCUT2D eigenvalue weighted by Crippen LogP contribution is 2.44. The van der Waals surface area contributed by atoms with Gasteiger partial charge in [0.2, 0.25) is 0 Å². The van der Waals surface area contributed by atoms with Gasteiger partial charge in [-0.25, -0.2) is 4.21 Å². The second kappa shape index (κ2) is 8.15. The maximum atomic E-state index is 13.7. The van der Waals surface area contributed by atoms with Crippen LogP contribution < -0.4 is 5.73 Å². The Bertz CT molecular complexity index is 680. The first kappa shape index (κ1) is 21.4. The number of carboxylic acids is 1. The Morgan fingerprint density at radius 3 is 2.32 bits per heavy atom. The van der Waals surface area contributed by atoms with Crippen molar-refractivity contribution >= 4 is 15.7 Å². The van der Waals surface area contributed by atoms with E-state index < -0.39 is 51.4 Å². The minimum Gasteiger partial charge on any atom is -0.480 e. The van der Waals surface area contributed by atoms with Gasteiger partial charge in [0.15, 0.2) is 5.60 Å². The number of alkyl halides is 3. The highest BCUT2D eigenvalue weighted by atomic mass is 32.2. The fourth-order valence-electron chi connectivity index (χ4n) is 2.34. The van der Waals surface area contributed by atoms with Crippen LogP contribution in [0.2, 0.25) is 0 Å². The second-order valence-electron chi connectivity index (χ2n) is 5.60. The third-order valence-corrected chi connectivity index (χ3v) is 5.66. The molecule has 10 heteroatoms. The molecule has 1 aromatic rings. The van der Waals surface area contributed by atoms with Crippen LogP contribution in [0.3, 0.4) is 0 Å². The molecule has 6 nitrogen and oxygen atoms in total. The summed E-state index contributed by atoms with van der Waals surface area (Å²) in [4.78, 5) is 10.6. The van der Waals surface area contributed by atoms with E-state index in [1.807, 2.05) is 0 Å². The number of ether oxygens (including phenoxy) is 1. The summed E-state index contributed by atoms with van der Waals surface area (Å²) in [6.07, 6.45) is -5.76. The minimum atomic E-state index is -4.78. The molecule has 0 saturated carbocycles. The van der Waals surface area contributed by atoms with Crippen LogP contribution in [0.5, 0.6) is 0 Å². The number of halogens is 3. The van der Waals surface area contributed by atoms with Crippen LogP contribution in [0.4, 0.5) is 13.2 Å². The number of carboxylic acid groups (broad SMARTS) is 1. The lowest BCUT2D eigenvalue weighted by atomic mass is 9.90. The highest BCUT2D eigenvalue weighted by Gasteiger charge is 2.56.